The first kappa shape index (κ1) is 21.2. The third-order valence-electron chi connectivity index (χ3n) is 3.48. The molecule has 1 heterocycles. The monoisotopic (exact) mass is 476 g/mol. The molecule has 132 valence electrons. The fourth-order valence-electron chi connectivity index (χ4n) is 2.27. The molecule has 4 nitrogen and oxygen atoms in total. The van der Waals surface area contributed by atoms with Crippen LogP contribution in [0.25, 0.3) is 0 Å². The van der Waals surface area contributed by atoms with Crippen molar-refractivity contribution in [1.82, 2.24) is 15.6 Å². The Bertz CT molecular complexity index is 617. The number of benzene rings is 1. The second kappa shape index (κ2) is 11.7. The molecule has 7 heteroatoms. The van der Waals surface area contributed by atoms with E-state index in [-0.39, 0.29) is 30.0 Å². The SMILES string of the molecule is CN=C(NCCCSc1nccs1)NC(C)c1ccccc1C.I. The third-order valence-corrected chi connectivity index (χ3v) is 5.53. The Hall–Kier alpha value is -0.800. The van der Waals surface area contributed by atoms with E-state index >= 15 is 0 Å². The molecule has 0 aliphatic heterocycles. The Morgan fingerprint density at radius 3 is 2.83 bits per heavy atom. The molecule has 0 aliphatic carbocycles. The maximum absolute atomic E-state index is 4.31. The average Bonchev–Trinajstić information content (AvgIpc) is 3.07. The van der Waals surface area contributed by atoms with Gasteiger partial charge in [-0.15, -0.1) is 35.3 Å². The van der Waals surface area contributed by atoms with E-state index in [1.54, 1.807) is 23.1 Å². The van der Waals surface area contributed by atoms with Gasteiger partial charge in [0.05, 0.1) is 6.04 Å². The van der Waals surface area contributed by atoms with Crippen LogP contribution in [0.3, 0.4) is 0 Å². The predicted molar refractivity (Wildman–Crippen MR) is 117 cm³/mol. The number of aromatic nitrogens is 1. The summed E-state index contributed by atoms with van der Waals surface area (Å²) in [4.78, 5) is 8.58. The average molecular weight is 476 g/mol. The molecule has 1 unspecified atom stereocenters. The Labute approximate surface area is 170 Å². The van der Waals surface area contributed by atoms with Crippen molar-refractivity contribution in [1.29, 1.82) is 0 Å². The number of thiazole rings is 1. The number of nitrogens with zero attached hydrogens (tertiary/aromatic N) is 2. The number of aliphatic imine (C=N–C) groups is 1. The van der Waals surface area contributed by atoms with Crippen LogP contribution in [-0.2, 0) is 0 Å². The largest absolute Gasteiger partial charge is 0.356 e. The number of guanidine groups is 1. The summed E-state index contributed by atoms with van der Waals surface area (Å²) in [5, 5.41) is 8.84. The van der Waals surface area contributed by atoms with Crippen molar-refractivity contribution in [3.63, 3.8) is 0 Å². The van der Waals surface area contributed by atoms with Gasteiger partial charge in [0.15, 0.2) is 5.96 Å². The Morgan fingerprint density at radius 2 is 2.17 bits per heavy atom. The lowest BCUT2D eigenvalue weighted by atomic mass is 10.0. The third kappa shape index (κ3) is 6.98. The highest BCUT2D eigenvalue weighted by atomic mass is 127. The van der Waals surface area contributed by atoms with E-state index in [0.29, 0.717) is 0 Å². The minimum Gasteiger partial charge on any atom is -0.356 e. The van der Waals surface area contributed by atoms with Crippen LogP contribution in [-0.4, -0.2) is 30.3 Å². The van der Waals surface area contributed by atoms with Crippen molar-refractivity contribution in [2.24, 2.45) is 4.99 Å². The lowest BCUT2D eigenvalue weighted by Crippen LogP contribution is -2.39. The summed E-state index contributed by atoms with van der Waals surface area (Å²) in [5.41, 5.74) is 2.59. The molecule has 0 fully saturated rings. The van der Waals surface area contributed by atoms with Crippen LogP contribution in [0.1, 0.15) is 30.5 Å². The summed E-state index contributed by atoms with van der Waals surface area (Å²) in [6, 6.07) is 8.67. The molecule has 1 atom stereocenters. The Morgan fingerprint density at radius 1 is 1.38 bits per heavy atom. The number of halogens is 1. The van der Waals surface area contributed by atoms with Gasteiger partial charge < -0.3 is 10.6 Å². The molecule has 0 saturated carbocycles. The molecule has 0 amide bonds. The summed E-state index contributed by atoms with van der Waals surface area (Å²) < 4.78 is 1.14. The molecule has 2 rings (SSSR count). The van der Waals surface area contributed by atoms with Crippen molar-refractivity contribution < 1.29 is 0 Å². The molecule has 0 bridgehead atoms. The van der Waals surface area contributed by atoms with Gasteiger partial charge in [-0.25, -0.2) is 4.98 Å². The second-order valence-corrected chi connectivity index (χ2v) is 7.46. The Balaban J connectivity index is 0.00000288. The van der Waals surface area contributed by atoms with E-state index in [0.717, 1.165) is 29.0 Å². The zero-order valence-corrected chi connectivity index (χ0v) is 18.2. The smallest absolute Gasteiger partial charge is 0.191 e. The lowest BCUT2D eigenvalue weighted by Gasteiger charge is -2.19. The minimum absolute atomic E-state index is 0. The lowest BCUT2D eigenvalue weighted by molar-refractivity contribution is 0.679. The van der Waals surface area contributed by atoms with Gasteiger partial charge >= 0.3 is 0 Å². The van der Waals surface area contributed by atoms with Gasteiger partial charge in [-0.1, -0.05) is 36.0 Å². The van der Waals surface area contributed by atoms with Crippen molar-refractivity contribution in [2.75, 3.05) is 19.3 Å². The molecular weight excluding hydrogens is 451 g/mol. The first-order valence-corrected chi connectivity index (χ1v) is 9.62. The number of hydrogen-bond donors (Lipinski definition) is 2. The van der Waals surface area contributed by atoms with Crippen molar-refractivity contribution in [3.8, 4) is 0 Å². The van der Waals surface area contributed by atoms with Gasteiger partial charge in [0, 0.05) is 30.9 Å². The summed E-state index contributed by atoms with van der Waals surface area (Å²) in [7, 11) is 1.81. The van der Waals surface area contributed by atoms with E-state index in [1.165, 1.54) is 11.1 Å². The zero-order chi connectivity index (χ0) is 16.5. The van der Waals surface area contributed by atoms with Crippen LogP contribution in [0.15, 0.2) is 45.2 Å². The highest BCUT2D eigenvalue weighted by molar-refractivity contribution is 14.0. The number of nitrogens with one attached hydrogen (secondary N) is 2. The molecule has 0 radical (unpaired) electrons. The Kier molecular flexibility index (Phi) is 10.4. The molecule has 24 heavy (non-hydrogen) atoms. The molecule has 1 aromatic heterocycles. The molecule has 2 aromatic rings. The topological polar surface area (TPSA) is 49.3 Å². The van der Waals surface area contributed by atoms with Crippen LogP contribution < -0.4 is 10.6 Å². The molecule has 1 aromatic carbocycles. The van der Waals surface area contributed by atoms with Crippen LogP contribution in [0, 0.1) is 6.92 Å². The van der Waals surface area contributed by atoms with Crippen LogP contribution in [0.2, 0.25) is 0 Å². The highest BCUT2D eigenvalue weighted by Gasteiger charge is 2.09. The van der Waals surface area contributed by atoms with Gasteiger partial charge in [-0.05, 0) is 31.4 Å². The fourth-order valence-corrected chi connectivity index (χ4v) is 3.92. The number of aryl methyl sites for hydroxylation is 1. The van der Waals surface area contributed by atoms with Gasteiger partial charge in [0.25, 0.3) is 0 Å². The van der Waals surface area contributed by atoms with E-state index in [1.807, 2.05) is 18.6 Å². The highest BCUT2D eigenvalue weighted by Crippen LogP contribution is 2.20. The maximum Gasteiger partial charge on any atom is 0.191 e. The molecule has 2 N–H and O–H groups in total. The van der Waals surface area contributed by atoms with Crippen LogP contribution in [0.4, 0.5) is 0 Å². The zero-order valence-electron chi connectivity index (χ0n) is 14.3. The maximum atomic E-state index is 4.31. The summed E-state index contributed by atoms with van der Waals surface area (Å²) in [6.07, 6.45) is 2.92. The fraction of sp³-hybridized carbons (Fsp3) is 0.412. The van der Waals surface area contributed by atoms with Gasteiger partial charge in [0.1, 0.15) is 4.34 Å². The van der Waals surface area contributed by atoms with Crippen LogP contribution in [0.5, 0.6) is 0 Å². The first-order chi connectivity index (χ1) is 11.2. The summed E-state index contributed by atoms with van der Waals surface area (Å²) in [5.74, 6) is 1.91. The van der Waals surface area contributed by atoms with Crippen LogP contribution >= 0.6 is 47.1 Å². The predicted octanol–water partition coefficient (Wildman–Crippen LogP) is 4.48. The normalized spacial score (nSPS) is 12.4. The minimum atomic E-state index is 0. The van der Waals surface area contributed by atoms with E-state index in [9.17, 15) is 0 Å². The molecule has 0 spiro atoms. The summed E-state index contributed by atoms with van der Waals surface area (Å²) in [6.45, 7) is 5.20. The van der Waals surface area contributed by atoms with Crippen molar-refractivity contribution in [2.45, 2.75) is 30.6 Å². The number of hydrogen-bond acceptors (Lipinski definition) is 4. The first-order valence-electron chi connectivity index (χ1n) is 7.75. The summed E-state index contributed by atoms with van der Waals surface area (Å²) >= 11 is 3.50. The van der Waals surface area contributed by atoms with E-state index in [2.05, 4.69) is 58.7 Å². The number of rotatable bonds is 7. The molecule has 0 saturated heterocycles. The van der Waals surface area contributed by atoms with Crippen molar-refractivity contribution >= 4 is 53.0 Å². The van der Waals surface area contributed by atoms with Gasteiger partial charge in [0.2, 0.25) is 0 Å². The van der Waals surface area contributed by atoms with Crippen molar-refractivity contribution in [3.05, 3.63) is 47.0 Å². The van der Waals surface area contributed by atoms with E-state index < -0.39 is 0 Å². The van der Waals surface area contributed by atoms with E-state index in [4.69, 9.17) is 0 Å². The molecular formula is C17H25IN4S2. The second-order valence-electron chi connectivity index (χ2n) is 5.22. The number of thioether (sulfide) groups is 1. The standard InChI is InChI=1S/C17H24N4S2.HI/c1-13-7-4-5-8-15(13)14(2)21-16(18-3)19-9-6-11-22-17-20-10-12-23-17;/h4-5,7-8,10,12,14H,6,9,11H2,1-3H3,(H2,18,19,21);1H. The quantitative estimate of drug-likeness (QED) is 0.204. The van der Waals surface area contributed by atoms with Gasteiger partial charge in [-0.3, -0.25) is 4.99 Å². The van der Waals surface area contributed by atoms with Gasteiger partial charge in [-0.2, -0.15) is 0 Å². The molecule has 0 aliphatic rings.